The summed E-state index contributed by atoms with van der Waals surface area (Å²) >= 11 is 6.01. The van der Waals surface area contributed by atoms with E-state index in [1.807, 2.05) is 12.1 Å². The molecule has 0 aliphatic carbocycles. The Balaban J connectivity index is 2.18. The van der Waals surface area contributed by atoms with Gasteiger partial charge >= 0.3 is 0 Å². The second-order valence-electron chi connectivity index (χ2n) is 4.40. The lowest BCUT2D eigenvalue weighted by Crippen LogP contribution is -2.35. The number of halogens is 1. The van der Waals surface area contributed by atoms with Crippen LogP contribution in [-0.2, 0) is 0 Å². The van der Waals surface area contributed by atoms with E-state index in [9.17, 15) is 4.79 Å². The maximum atomic E-state index is 11.1. The van der Waals surface area contributed by atoms with Gasteiger partial charge in [0.2, 0.25) is 0 Å². The van der Waals surface area contributed by atoms with Gasteiger partial charge in [-0.3, -0.25) is 4.79 Å². The van der Waals surface area contributed by atoms with Gasteiger partial charge in [-0.25, -0.2) is 0 Å². The molecule has 2 rings (SSSR count). The van der Waals surface area contributed by atoms with Crippen LogP contribution in [0.5, 0.6) is 0 Å². The minimum absolute atomic E-state index is 0.254. The van der Waals surface area contributed by atoms with E-state index in [0.29, 0.717) is 16.5 Å². The fraction of sp³-hybridized carbons (Fsp3) is 0.462. The van der Waals surface area contributed by atoms with E-state index in [4.69, 9.17) is 16.7 Å². The molecule has 17 heavy (non-hydrogen) atoms. The molecule has 0 atom stereocenters. The van der Waals surface area contributed by atoms with Crippen molar-refractivity contribution in [2.75, 3.05) is 24.6 Å². The summed E-state index contributed by atoms with van der Waals surface area (Å²) in [6, 6.07) is 5.52. The number of hydrogen-bond acceptors (Lipinski definition) is 3. The number of nitrogens with zero attached hydrogens (tertiary/aromatic N) is 1. The summed E-state index contributed by atoms with van der Waals surface area (Å²) in [5.74, 6) is 0.394. The second kappa shape index (κ2) is 5.52. The lowest BCUT2D eigenvalue weighted by molar-refractivity contribution is 0.112. The fourth-order valence-corrected chi connectivity index (χ4v) is 2.49. The highest BCUT2D eigenvalue weighted by atomic mass is 35.5. The molecule has 0 spiro atoms. The average molecular weight is 254 g/mol. The minimum Gasteiger partial charge on any atom is -0.396 e. The van der Waals surface area contributed by atoms with Crippen molar-refractivity contribution in [1.29, 1.82) is 0 Å². The summed E-state index contributed by atoms with van der Waals surface area (Å²) < 4.78 is 0. The van der Waals surface area contributed by atoms with E-state index < -0.39 is 0 Å². The highest BCUT2D eigenvalue weighted by Crippen LogP contribution is 2.29. The Hall–Kier alpha value is -1.06. The van der Waals surface area contributed by atoms with Gasteiger partial charge in [-0.1, -0.05) is 17.7 Å². The monoisotopic (exact) mass is 253 g/mol. The average Bonchev–Trinajstić information content (AvgIpc) is 2.38. The third-order valence-corrected chi connectivity index (χ3v) is 3.69. The fourth-order valence-electron chi connectivity index (χ4n) is 2.27. The molecule has 3 nitrogen and oxygen atoms in total. The summed E-state index contributed by atoms with van der Waals surface area (Å²) in [6.07, 6.45) is 2.73. The molecule has 1 aliphatic rings. The summed E-state index contributed by atoms with van der Waals surface area (Å²) in [6.45, 7) is 1.99. The molecule has 1 aromatic rings. The number of hydrogen-bond donors (Lipinski definition) is 1. The van der Waals surface area contributed by atoms with Crippen molar-refractivity contribution in [1.82, 2.24) is 0 Å². The van der Waals surface area contributed by atoms with Crippen molar-refractivity contribution >= 4 is 23.6 Å². The van der Waals surface area contributed by atoms with Crippen LogP contribution >= 0.6 is 11.6 Å². The second-order valence-corrected chi connectivity index (χ2v) is 4.81. The Kier molecular flexibility index (Phi) is 4.02. The number of aldehydes is 1. The topological polar surface area (TPSA) is 40.5 Å². The molecule has 0 amide bonds. The van der Waals surface area contributed by atoms with Gasteiger partial charge in [-0.2, -0.15) is 0 Å². The van der Waals surface area contributed by atoms with Crippen LogP contribution in [0.25, 0.3) is 0 Å². The van der Waals surface area contributed by atoms with Crippen molar-refractivity contribution in [2.45, 2.75) is 12.8 Å². The number of carbonyl (C=O) groups excluding carboxylic acids is 1. The number of carbonyl (C=O) groups is 1. The van der Waals surface area contributed by atoms with Gasteiger partial charge in [0.15, 0.2) is 6.29 Å². The number of piperidine rings is 1. The minimum atomic E-state index is 0.254. The molecule has 1 saturated heterocycles. The van der Waals surface area contributed by atoms with Gasteiger partial charge < -0.3 is 10.0 Å². The van der Waals surface area contributed by atoms with E-state index in [1.165, 1.54) is 0 Å². The Bertz CT molecular complexity index is 400. The van der Waals surface area contributed by atoms with Crippen molar-refractivity contribution in [3.63, 3.8) is 0 Å². The molecule has 0 aromatic heterocycles. The third-order valence-electron chi connectivity index (χ3n) is 3.36. The Labute approximate surface area is 106 Å². The van der Waals surface area contributed by atoms with Crippen LogP contribution in [0.2, 0.25) is 5.02 Å². The Morgan fingerprint density at radius 3 is 2.71 bits per heavy atom. The van der Waals surface area contributed by atoms with Crippen LogP contribution in [-0.4, -0.2) is 31.1 Å². The van der Waals surface area contributed by atoms with E-state index in [-0.39, 0.29) is 6.61 Å². The SMILES string of the molecule is O=Cc1c(Cl)cccc1N1CCC(CO)CC1. The highest BCUT2D eigenvalue weighted by Gasteiger charge is 2.21. The predicted molar refractivity (Wildman–Crippen MR) is 68.9 cm³/mol. The molecule has 1 heterocycles. The number of anilines is 1. The van der Waals surface area contributed by atoms with Crippen LogP contribution < -0.4 is 4.90 Å². The highest BCUT2D eigenvalue weighted by molar-refractivity contribution is 6.33. The summed E-state index contributed by atoms with van der Waals surface area (Å²) in [5.41, 5.74) is 1.47. The van der Waals surface area contributed by atoms with Gasteiger partial charge in [0.1, 0.15) is 0 Å². The molecular weight excluding hydrogens is 238 g/mol. The molecule has 4 heteroatoms. The van der Waals surface area contributed by atoms with Crippen molar-refractivity contribution < 1.29 is 9.90 Å². The van der Waals surface area contributed by atoms with Crippen molar-refractivity contribution in [3.05, 3.63) is 28.8 Å². The zero-order valence-corrected chi connectivity index (χ0v) is 10.4. The number of benzene rings is 1. The molecule has 1 fully saturated rings. The van der Waals surface area contributed by atoms with Crippen LogP contribution in [0.1, 0.15) is 23.2 Å². The van der Waals surface area contributed by atoms with E-state index >= 15 is 0 Å². The normalized spacial score (nSPS) is 17.2. The first-order valence-corrected chi connectivity index (χ1v) is 6.23. The van der Waals surface area contributed by atoms with Gasteiger partial charge in [0.25, 0.3) is 0 Å². The molecule has 0 unspecified atom stereocenters. The predicted octanol–water partition coefficient (Wildman–Crippen LogP) is 2.36. The zero-order chi connectivity index (χ0) is 12.3. The molecule has 1 aliphatic heterocycles. The van der Waals surface area contributed by atoms with Crippen molar-refractivity contribution in [2.24, 2.45) is 5.92 Å². The summed E-state index contributed by atoms with van der Waals surface area (Å²) in [5, 5.41) is 9.60. The van der Waals surface area contributed by atoms with Crippen LogP contribution in [0.3, 0.4) is 0 Å². The quantitative estimate of drug-likeness (QED) is 0.841. The van der Waals surface area contributed by atoms with E-state index in [2.05, 4.69) is 4.90 Å². The van der Waals surface area contributed by atoms with Gasteiger partial charge in [0.05, 0.1) is 10.6 Å². The first kappa shape index (κ1) is 12.4. The Morgan fingerprint density at radius 2 is 2.12 bits per heavy atom. The summed E-state index contributed by atoms with van der Waals surface area (Å²) in [7, 11) is 0. The zero-order valence-electron chi connectivity index (χ0n) is 9.60. The molecule has 92 valence electrons. The number of aliphatic hydroxyl groups excluding tert-OH is 1. The molecule has 1 N–H and O–H groups in total. The molecule has 1 aromatic carbocycles. The molecule has 0 saturated carbocycles. The first-order chi connectivity index (χ1) is 8.26. The number of rotatable bonds is 3. The lowest BCUT2D eigenvalue weighted by Gasteiger charge is -2.33. The molecular formula is C13H16ClNO2. The maximum Gasteiger partial charge on any atom is 0.153 e. The van der Waals surface area contributed by atoms with Gasteiger partial charge in [0, 0.05) is 25.4 Å². The van der Waals surface area contributed by atoms with Gasteiger partial charge in [-0.15, -0.1) is 0 Å². The van der Waals surface area contributed by atoms with Crippen molar-refractivity contribution in [3.8, 4) is 0 Å². The van der Waals surface area contributed by atoms with Crippen LogP contribution in [0, 0.1) is 5.92 Å². The van der Waals surface area contributed by atoms with Gasteiger partial charge in [-0.05, 0) is 30.9 Å². The molecule has 0 radical (unpaired) electrons. The van der Waals surface area contributed by atoms with Crippen LogP contribution in [0.4, 0.5) is 5.69 Å². The third kappa shape index (κ3) is 2.61. The van der Waals surface area contributed by atoms with Crippen LogP contribution in [0.15, 0.2) is 18.2 Å². The summed E-state index contributed by atoms with van der Waals surface area (Å²) in [4.78, 5) is 13.2. The Morgan fingerprint density at radius 1 is 1.41 bits per heavy atom. The van der Waals surface area contributed by atoms with E-state index in [1.54, 1.807) is 6.07 Å². The smallest absolute Gasteiger partial charge is 0.153 e. The number of aliphatic hydroxyl groups is 1. The molecule has 0 bridgehead atoms. The largest absolute Gasteiger partial charge is 0.396 e. The standard InChI is InChI=1S/C13H16ClNO2/c14-12-2-1-3-13(11(12)9-17)15-6-4-10(8-16)5-7-15/h1-3,9-10,16H,4-8H2. The lowest BCUT2D eigenvalue weighted by atomic mass is 9.97. The maximum absolute atomic E-state index is 11.1. The van der Waals surface area contributed by atoms with E-state index in [0.717, 1.165) is 37.9 Å². The first-order valence-electron chi connectivity index (χ1n) is 5.85.